The molecule has 1 aromatic rings. The van der Waals surface area contributed by atoms with E-state index in [2.05, 4.69) is 5.32 Å². The lowest BCUT2D eigenvalue weighted by molar-refractivity contribution is -0.142. The summed E-state index contributed by atoms with van der Waals surface area (Å²) < 4.78 is 0. The van der Waals surface area contributed by atoms with E-state index in [4.69, 9.17) is 0 Å². The number of rotatable bonds is 4. The van der Waals surface area contributed by atoms with Gasteiger partial charge in [0, 0.05) is 5.92 Å². The van der Waals surface area contributed by atoms with Crippen molar-refractivity contribution < 1.29 is 14.7 Å². The van der Waals surface area contributed by atoms with Crippen LogP contribution in [0, 0.1) is 12.8 Å². The number of hydrogen-bond acceptors (Lipinski definition) is 2. The number of aryl methyl sites for hydroxylation is 1. The van der Waals surface area contributed by atoms with E-state index in [9.17, 15) is 14.7 Å². The van der Waals surface area contributed by atoms with Crippen LogP contribution in [0.1, 0.15) is 49.3 Å². The van der Waals surface area contributed by atoms with Gasteiger partial charge < -0.3 is 10.4 Å². The van der Waals surface area contributed by atoms with Crippen molar-refractivity contribution in [1.29, 1.82) is 0 Å². The predicted octanol–water partition coefficient (Wildman–Crippen LogP) is 2.82. The van der Waals surface area contributed by atoms with Crippen LogP contribution in [-0.4, -0.2) is 17.0 Å². The van der Waals surface area contributed by atoms with E-state index in [-0.39, 0.29) is 11.8 Å². The molecule has 1 unspecified atom stereocenters. The maximum atomic E-state index is 12.2. The van der Waals surface area contributed by atoms with E-state index >= 15 is 0 Å². The third kappa shape index (κ3) is 3.59. The fraction of sp³-hybridized carbons (Fsp3) is 0.500. The normalized spacial score (nSPS) is 17.4. The maximum Gasteiger partial charge on any atom is 0.330 e. The summed E-state index contributed by atoms with van der Waals surface area (Å²) in [4.78, 5) is 23.6. The highest BCUT2D eigenvalue weighted by atomic mass is 16.4. The molecule has 1 aliphatic rings. The first kappa shape index (κ1) is 14.6. The minimum absolute atomic E-state index is 0.0320. The Bertz CT molecular complexity index is 492. The van der Waals surface area contributed by atoms with E-state index in [0.717, 1.165) is 31.2 Å². The summed E-state index contributed by atoms with van der Waals surface area (Å²) in [5, 5.41) is 12.0. The van der Waals surface area contributed by atoms with Crippen LogP contribution in [0.2, 0.25) is 0 Å². The second-order valence-electron chi connectivity index (χ2n) is 5.53. The van der Waals surface area contributed by atoms with Gasteiger partial charge in [-0.25, -0.2) is 4.79 Å². The monoisotopic (exact) mass is 275 g/mol. The van der Waals surface area contributed by atoms with Gasteiger partial charge in [-0.15, -0.1) is 0 Å². The highest BCUT2D eigenvalue weighted by Gasteiger charge is 2.27. The zero-order valence-electron chi connectivity index (χ0n) is 11.8. The second-order valence-corrected chi connectivity index (χ2v) is 5.53. The predicted molar refractivity (Wildman–Crippen MR) is 76.3 cm³/mol. The Morgan fingerprint density at radius 3 is 2.55 bits per heavy atom. The van der Waals surface area contributed by atoms with Gasteiger partial charge in [0.2, 0.25) is 5.91 Å². The van der Waals surface area contributed by atoms with Gasteiger partial charge in [-0.1, -0.05) is 49.1 Å². The molecule has 4 nitrogen and oxygen atoms in total. The van der Waals surface area contributed by atoms with E-state index in [1.54, 1.807) is 12.1 Å². The van der Waals surface area contributed by atoms with Crippen LogP contribution in [0.25, 0.3) is 0 Å². The highest BCUT2D eigenvalue weighted by Crippen LogP contribution is 2.25. The van der Waals surface area contributed by atoms with Crippen LogP contribution in [0.4, 0.5) is 0 Å². The van der Waals surface area contributed by atoms with Crippen molar-refractivity contribution in [2.75, 3.05) is 0 Å². The van der Waals surface area contributed by atoms with E-state index in [1.165, 1.54) is 6.42 Å². The molecule has 1 aliphatic carbocycles. The lowest BCUT2D eigenvalue weighted by Gasteiger charge is -2.23. The first-order valence-electron chi connectivity index (χ1n) is 7.17. The molecular weight excluding hydrogens is 254 g/mol. The SMILES string of the molecule is Cc1cccc(C(NC(=O)C2CCCCC2)C(=O)O)c1. The number of nitrogens with one attached hydrogen (secondary N) is 1. The van der Waals surface area contributed by atoms with E-state index in [0.29, 0.717) is 5.56 Å². The minimum atomic E-state index is -1.01. The topological polar surface area (TPSA) is 66.4 Å². The third-order valence-corrected chi connectivity index (χ3v) is 3.88. The first-order valence-corrected chi connectivity index (χ1v) is 7.17. The second kappa shape index (κ2) is 6.55. The van der Waals surface area contributed by atoms with Crippen LogP contribution in [0.5, 0.6) is 0 Å². The molecule has 0 radical (unpaired) electrons. The molecule has 1 fully saturated rings. The number of hydrogen-bond donors (Lipinski definition) is 2. The molecule has 1 saturated carbocycles. The molecule has 0 bridgehead atoms. The molecule has 0 aromatic heterocycles. The van der Waals surface area contributed by atoms with Crippen molar-refractivity contribution in [2.45, 2.75) is 45.1 Å². The van der Waals surface area contributed by atoms with E-state index < -0.39 is 12.0 Å². The highest BCUT2D eigenvalue weighted by molar-refractivity contribution is 5.85. The average Bonchev–Trinajstić information content (AvgIpc) is 2.45. The fourth-order valence-corrected chi connectivity index (χ4v) is 2.76. The largest absolute Gasteiger partial charge is 0.479 e. The van der Waals surface area contributed by atoms with Crippen LogP contribution < -0.4 is 5.32 Å². The number of carbonyl (C=O) groups is 2. The van der Waals surface area contributed by atoms with Gasteiger partial charge >= 0.3 is 5.97 Å². The Labute approximate surface area is 119 Å². The fourth-order valence-electron chi connectivity index (χ4n) is 2.76. The van der Waals surface area contributed by atoms with E-state index in [1.807, 2.05) is 19.1 Å². The Morgan fingerprint density at radius 1 is 1.25 bits per heavy atom. The number of carboxylic acids is 1. The van der Waals surface area contributed by atoms with Crippen LogP contribution in [0.3, 0.4) is 0 Å². The summed E-state index contributed by atoms with van der Waals surface area (Å²) in [5.41, 5.74) is 1.61. The molecule has 4 heteroatoms. The summed E-state index contributed by atoms with van der Waals surface area (Å²) in [6.45, 7) is 1.91. The van der Waals surface area contributed by atoms with Crippen molar-refractivity contribution >= 4 is 11.9 Å². The Balaban J connectivity index is 2.09. The maximum absolute atomic E-state index is 12.2. The molecule has 108 valence electrons. The summed E-state index contributed by atoms with van der Waals surface area (Å²) in [7, 11) is 0. The molecule has 1 amide bonds. The van der Waals surface area contributed by atoms with Crippen molar-refractivity contribution in [1.82, 2.24) is 5.32 Å². The van der Waals surface area contributed by atoms with Crippen molar-refractivity contribution in [3.63, 3.8) is 0 Å². The molecule has 0 heterocycles. The lowest BCUT2D eigenvalue weighted by Crippen LogP contribution is -2.38. The van der Waals surface area contributed by atoms with Crippen LogP contribution >= 0.6 is 0 Å². The van der Waals surface area contributed by atoms with Gasteiger partial charge in [0.05, 0.1) is 0 Å². The smallest absolute Gasteiger partial charge is 0.330 e. The van der Waals surface area contributed by atoms with Gasteiger partial charge in [-0.3, -0.25) is 4.79 Å². The molecule has 0 spiro atoms. The minimum Gasteiger partial charge on any atom is -0.479 e. The molecule has 1 aromatic carbocycles. The van der Waals surface area contributed by atoms with Crippen molar-refractivity contribution in [3.05, 3.63) is 35.4 Å². The van der Waals surface area contributed by atoms with Crippen molar-refractivity contribution in [2.24, 2.45) is 5.92 Å². The first-order chi connectivity index (χ1) is 9.58. The number of amides is 1. The molecular formula is C16H21NO3. The van der Waals surface area contributed by atoms with Gasteiger partial charge in [0.1, 0.15) is 0 Å². The number of carboxylic acid groups (broad SMARTS) is 1. The zero-order valence-corrected chi connectivity index (χ0v) is 11.8. The van der Waals surface area contributed by atoms with Crippen molar-refractivity contribution in [3.8, 4) is 0 Å². The Morgan fingerprint density at radius 2 is 1.95 bits per heavy atom. The van der Waals surface area contributed by atoms with Crippen LogP contribution in [-0.2, 0) is 9.59 Å². The average molecular weight is 275 g/mol. The number of carbonyl (C=O) groups excluding carboxylic acids is 1. The van der Waals surface area contributed by atoms with Gasteiger partial charge in [0.15, 0.2) is 6.04 Å². The molecule has 0 saturated heterocycles. The summed E-state index contributed by atoms with van der Waals surface area (Å²) in [6, 6.07) is 6.32. The third-order valence-electron chi connectivity index (χ3n) is 3.88. The standard InChI is InChI=1S/C16H21NO3/c1-11-6-5-9-13(10-11)14(16(19)20)17-15(18)12-7-3-2-4-8-12/h5-6,9-10,12,14H,2-4,7-8H2,1H3,(H,17,18)(H,19,20). The number of aliphatic carboxylic acids is 1. The van der Waals surface area contributed by atoms with Gasteiger partial charge in [-0.2, -0.15) is 0 Å². The van der Waals surface area contributed by atoms with Gasteiger partial charge in [-0.05, 0) is 25.3 Å². The molecule has 0 aliphatic heterocycles. The molecule has 2 N–H and O–H groups in total. The molecule has 2 rings (SSSR count). The van der Waals surface area contributed by atoms with Gasteiger partial charge in [0.25, 0.3) is 0 Å². The summed E-state index contributed by atoms with van der Waals surface area (Å²) in [6.07, 6.45) is 5.02. The molecule has 1 atom stereocenters. The zero-order chi connectivity index (χ0) is 14.5. The summed E-state index contributed by atoms with van der Waals surface area (Å²) in [5.74, 6) is -1.17. The lowest BCUT2D eigenvalue weighted by atomic mass is 9.88. The molecule has 20 heavy (non-hydrogen) atoms. The Kier molecular flexibility index (Phi) is 4.77. The number of benzene rings is 1. The Hall–Kier alpha value is -1.84. The summed E-state index contributed by atoms with van der Waals surface area (Å²) >= 11 is 0. The van der Waals surface area contributed by atoms with Crippen LogP contribution in [0.15, 0.2) is 24.3 Å². The quantitative estimate of drug-likeness (QED) is 0.888.